The van der Waals surface area contributed by atoms with Crippen LogP contribution in [0.2, 0.25) is 0 Å². The van der Waals surface area contributed by atoms with E-state index in [4.69, 9.17) is 30.3 Å². The van der Waals surface area contributed by atoms with Crippen molar-refractivity contribution in [1.29, 1.82) is 0 Å². The maximum atomic E-state index is 8.78. The molecule has 0 heterocycles. The second-order valence-corrected chi connectivity index (χ2v) is 0.683. The summed E-state index contributed by atoms with van der Waals surface area (Å²) in [5.74, 6) is 0. The molecule has 0 aliphatic rings. The number of hydrogen-bond acceptors (Lipinski definition) is 8. The van der Waals surface area contributed by atoms with E-state index in [-0.39, 0.29) is 28.5 Å². The summed E-state index contributed by atoms with van der Waals surface area (Å²) < 4.78 is 0. The third-order valence-electron chi connectivity index (χ3n) is 0.149. The van der Waals surface area contributed by atoms with Crippen LogP contribution in [0.5, 0.6) is 0 Å². The van der Waals surface area contributed by atoms with Crippen molar-refractivity contribution in [3.63, 3.8) is 0 Å². The first kappa shape index (κ1) is 22.5. The third-order valence-corrected chi connectivity index (χ3v) is 0.149. The largest absolute Gasteiger partial charge is 2.00 e. The molecule has 0 rings (SSSR count). The molecule has 0 aromatic heterocycles. The molecule has 10 heteroatoms. The van der Waals surface area contributed by atoms with Crippen LogP contribution in [-0.4, -0.2) is 51.4 Å². The van der Waals surface area contributed by atoms with Crippen LogP contribution in [-0.2, 0) is 9.78 Å². The van der Waals surface area contributed by atoms with Gasteiger partial charge in [0, 0.05) is 0 Å². The van der Waals surface area contributed by atoms with Crippen LogP contribution >= 0.6 is 0 Å². The second kappa shape index (κ2) is 16.6. The Morgan fingerprint density at radius 2 is 1.08 bits per heavy atom. The molecule has 12 heavy (non-hydrogen) atoms. The molecule has 68 valence electrons. The predicted molar refractivity (Wildman–Crippen MR) is 27.6 cm³/mol. The van der Waals surface area contributed by atoms with E-state index in [1.165, 1.54) is 0 Å². The zero-order valence-corrected chi connectivity index (χ0v) is 6.97. The smallest absolute Gasteiger partial charge is 0.424 e. The number of rotatable bonds is 0. The van der Waals surface area contributed by atoms with Gasteiger partial charge in [0.25, 0.3) is 12.3 Å². The van der Waals surface area contributed by atoms with E-state index in [0.717, 1.165) is 0 Å². The van der Waals surface area contributed by atoms with E-state index in [1.54, 1.807) is 0 Å². The van der Waals surface area contributed by atoms with Crippen molar-refractivity contribution in [2.45, 2.75) is 0 Å². The monoisotopic (exact) mass is 196 g/mol. The van der Waals surface area contributed by atoms with Crippen LogP contribution in [0.4, 0.5) is 9.59 Å². The van der Waals surface area contributed by atoms with Crippen LogP contribution in [0.3, 0.4) is 0 Å². The molecule has 0 aliphatic heterocycles. The Balaban J connectivity index is -0.0000000457. The Morgan fingerprint density at radius 3 is 1.08 bits per heavy atom. The molecule has 0 saturated heterocycles. The topological polar surface area (TPSA) is 171 Å². The zero-order chi connectivity index (χ0) is 8.57. The number of hydrogen-bond donors (Lipinski definition) is 2. The van der Waals surface area contributed by atoms with Gasteiger partial charge in [0.15, 0.2) is 0 Å². The molecule has 0 aromatic rings. The first-order valence-electron chi connectivity index (χ1n) is 1.59. The molecule has 0 aromatic carbocycles. The van der Waals surface area contributed by atoms with Crippen LogP contribution in [0.15, 0.2) is 0 Å². The fourth-order valence-electron chi connectivity index (χ4n) is 0. The Morgan fingerprint density at radius 1 is 1.00 bits per heavy atom. The molecule has 0 radical (unpaired) electrons. The van der Waals surface area contributed by atoms with E-state index < -0.39 is 12.3 Å². The van der Waals surface area contributed by atoms with Crippen LogP contribution in [0.1, 0.15) is 0 Å². The van der Waals surface area contributed by atoms with Crippen molar-refractivity contribution in [3.8, 4) is 0 Å². The molecular weight excluding hydrogens is 192 g/mol. The summed E-state index contributed by atoms with van der Waals surface area (Å²) in [6.45, 7) is 0. The first-order valence-corrected chi connectivity index (χ1v) is 1.59. The zero-order valence-electron chi connectivity index (χ0n) is 5.55. The second-order valence-electron chi connectivity index (χ2n) is 0.683. The molecular formula is C2H4MgO9. The van der Waals surface area contributed by atoms with Crippen molar-refractivity contribution < 1.29 is 45.6 Å². The van der Waals surface area contributed by atoms with Crippen LogP contribution < -0.4 is 10.2 Å². The van der Waals surface area contributed by atoms with Gasteiger partial charge >= 0.3 is 23.1 Å². The Kier molecular flexibility index (Phi) is 31.2. The van der Waals surface area contributed by atoms with E-state index >= 15 is 0 Å². The van der Waals surface area contributed by atoms with Gasteiger partial charge in [-0.3, -0.25) is 10.5 Å². The number of carbonyl (C=O) groups excluding carboxylic acids is 2. The third kappa shape index (κ3) is 60.6. The van der Waals surface area contributed by atoms with Crippen molar-refractivity contribution in [1.82, 2.24) is 0 Å². The summed E-state index contributed by atoms with van der Waals surface area (Å²) >= 11 is 0. The fraction of sp³-hybridized carbons (Fsp3) is 0. The standard InChI is InChI=1S/2CH2O4.Mg.H2O/c2*2-1(3)5-4;;/h2*4H,(H,2,3);;1H2/q;;+2;/p-2. The molecule has 0 fully saturated rings. The van der Waals surface area contributed by atoms with Crippen LogP contribution in [0, 0.1) is 0 Å². The van der Waals surface area contributed by atoms with Crippen molar-refractivity contribution in [2.24, 2.45) is 0 Å². The molecule has 0 bridgehead atoms. The fourth-order valence-corrected chi connectivity index (χ4v) is 0. The van der Waals surface area contributed by atoms with Gasteiger partial charge < -0.3 is 35.1 Å². The molecule has 0 unspecified atom stereocenters. The summed E-state index contributed by atoms with van der Waals surface area (Å²) in [7, 11) is 0. The average Bonchev–Trinajstić information content (AvgIpc) is 1.89. The maximum Gasteiger partial charge on any atom is 2.00 e. The van der Waals surface area contributed by atoms with Gasteiger partial charge in [-0.2, -0.15) is 0 Å². The summed E-state index contributed by atoms with van der Waals surface area (Å²) in [6, 6.07) is 0. The predicted octanol–water partition coefficient (Wildman–Crippen LogP) is -3.57. The summed E-state index contributed by atoms with van der Waals surface area (Å²) in [6.07, 6.45) is -3.88. The number of carbonyl (C=O) groups is 2. The van der Waals surface area contributed by atoms with Gasteiger partial charge in [-0.25, -0.2) is 0 Å². The first-order chi connectivity index (χ1) is 4.54. The van der Waals surface area contributed by atoms with Gasteiger partial charge in [0.2, 0.25) is 0 Å². The Bertz CT molecular complexity index is 97.1. The average molecular weight is 196 g/mol. The summed E-state index contributed by atoms with van der Waals surface area (Å²) in [5.41, 5.74) is 0. The van der Waals surface area contributed by atoms with Gasteiger partial charge in [-0.15, -0.1) is 0 Å². The quantitative estimate of drug-likeness (QED) is 0.227. The minimum absolute atomic E-state index is 0. The Hall–Kier alpha value is -0.814. The molecule has 0 amide bonds. The van der Waals surface area contributed by atoms with Gasteiger partial charge in [0.1, 0.15) is 0 Å². The van der Waals surface area contributed by atoms with Gasteiger partial charge in [-0.1, -0.05) is 0 Å². The van der Waals surface area contributed by atoms with E-state index in [9.17, 15) is 0 Å². The number of carboxylic acid groups (broad SMARTS) is 2. The molecule has 4 N–H and O–H groups in total. The minimum Gasteiger partial charge on any atom is -0.424 e. The normalized spacial score (nSPS) is 5.50. The van der Waals surface area contributed by atoms with E-state index in [2.05, 4.69) is 9.78 Å². The molecule has 0 saturated carbocycles. The maximum absolute atomic E-state index is 8.78. The molecule has 0 aliphatic carbocycles. The van der Waals surface area contributed by atoms with Crippen molar-refractivity contribution in [2.75, 3.05) is 0 Å². The van der Waals surface area contributed by atoms with E-state index in [0.29, 0.717) is 0 Å². The van der Waals surface area contributed by atoms with Crippen LogP contribution in [0.25, 0.3) is 0 Å². The van der Waals surface area contributed by atoms with Gasteiger partial charge in [-0.05, 0) is 0 Å². The van der Waals surface area contributed by atoms with Crippen molar-refractivity contribution in [3.05, 3.63) is 0 Å². The molecule has 9 nitrogen and oxygen atoms in total. The summed E-state index contributed by atoms with van der Waals surface area (Å²) in [4.78, 5) is 22.7. The Labute approximate surface area is 81.4 Å². The minimum atomic E-state index is -1.94. The molecule has 0 atom stereocenters. The SMILES string of the molecule is O.O=C([O-])OO.O=C([O-])OO.[Mg+2]. The molecule has 0 spiro atoms. The van der Waals surface area contributed by atoms with Gasteiger partial charge in [0.05, 0.1) is 0 Å². The summed E-state index contributed by atoms with van der Waals surface area (Å²) in [5, 5.41) is 31.5. The van der Waals surface area contributed by atoms with E-state index in [1.807, 2.05) is 0 Å². The van der Waals surface area contributed by atoms with Crippen molar-refractivity contribution >= 4 is 35.4 Å².